The first-order chi connectivity index (χ1) is 16.6. The van der Waals surface area contributed by atoms with E-state index in [9.17, 15) is 5.11 Å². The van der Waals surface area contributed by atoms with E-state index in [0.717, 1.165) is 70.0 Å². The monoisotopic (exact) mass is 464 g/mol. The smallest absolute Gasteiger partial charge is 0.123 e. The lowest BCUT2D eigenvalue weighted by Gasteiger charge is -2.41. The predicted octanol–water partition coefficient (Wildman–Crippen LogP) is 4.02. The molecule has 2 fully saturated rings. The van der Waals surface area contributed by atoms with Gasteiger partial charge < -0.3 is 19.9 Å². The topological polar surface area (TPSA) is 73.2 Å². The highest BCUT2D eigenvalue weighted by atomic mass is 16.3. The standard InChI is InChI=1S/C27H40N6O/c1-31(18-22-6-3-2-4-7-22)19-27(34)11-14-32(15-12-27)13-5-8-23-17-28-26-10-9-24(16-25(23)26)33-20-29-30-21-33/h9-10,16-17,20-22,28,34H,2-8,11-15,18-19H2,1H3. The van der Waals surface area contributed by atoms with Crippen LogP contribution >= 0.6 is 0 Å². The fourth-order valence-corrected chi connectivity index (χ4v) is 6.09. The summed E-state index contributed by atoms with van der Waals surface area (Å²) in [5.41, 5.74) is 3.10. The number of likely N-dealkylation sites (N-methyl/N-ethyl adjacent to an activating group) is 1. The molecule has 1 saturated carbocycles. The number of aliphatic hydroxyl groups is 1. The Balaban J connectivity index is 1.08. The van der Waals surface area contributed by atoms with Crippen LogP contribution in [-0.4, -0.2) is 80.0 Å². The molecule has 2 aromatic heterocycles. The van der Waals surface area contributed by atoms with Gasteiger partial charge in [-0.25, -0.2) is 0 Å². The summed E-state index contributed by atoms with van der Waals surface area (Å²) in [7, 11) is 2.20. The van der Waals surface area contributed by atoms with E-state index in [1.807, 2.05) is 4.57 Å². The van der Waals surface area contributed by atoms with Crippen LogP contribution in [0, 0.1) is 5.92 Å². The number of aromatic amines is 1. The largest absolute Gasteiger partial charge is 0.388 e. The highest BCUT2D eigenvalue weighted by Crippen LogP contribution is 2.28. The normalized spacial score (nSPS) is 19.9. The van der Waals surface area contributed by atoms with E-state index in [4.69, 9.17) is 0 Å². The molecule has 0 radical (unpaired) electrons. The van der Waals surface area contributed by atoms with E-state index in [-0.39, 0.29) is 0 Å². The summed E-state index contributed by atoms with van der Waals surface area (Å²) in [5, 5.41) is 20.3. The molecule has 1 aromatic carbocycles. The number of nitrogens with zero attached hydrogens (tertiary/aromatic N) is 5. The van der Waals surface area contributed by atoms with E-state index in [2.05, 4.69) is 56.4 Å². The van der Waals surface area contributed by atoms with Gasteiger partial charge in [0.05, 0.1) is 5.60 Å². The van der Waals surface area contributed by atoms with Crippen LogP contribution in [0.3, 0.4) is 0 Å². The van der Waals surface area contributed by atoms with Gasteiger partial charge in [-0.2, -0.15) is 0 Å². The second-order valence-corrected chi connectivity index (χ2v) is 10.8. The number of fused-ring (bicyclic) bond motifs is 1. The lowest BCUT2D eigenvalue weighted by molar-refractivity contribution is -0.0436. The van der Waals surface area contributed by atoms with Crippen LogP contribution in [-0.2, 0) is 6.42 Å². The van der Waals surface area contributed by atoms with E-state index < -0.39 is 5.60 Å². The summed E-state index contributed by atoms with van der Waals surface area (Å²) in [4.78, 5) is 8.35. The fourth-order valence-electron chi connectivity index (χ4n) is 6.09. The molecule has 3 aromatic rings. The molecule has 1 aliphatic carbocycles. The first-order valence-electron chi connectivity index (χ1n) is 13.2. The molecule has 34 heavy (non-hydrogen) atoms. The summed E-state index contributed by atoms with van der Waals surface area (Å²) in [6.07, 6.45) is 16.5. The molecule has 3 heterocycles. The molecular weight excluding hydrogens is 424 g/mol. The van der Waals surface area contributed by atoms with E-state index >= 15 is 0 Å². The number of hydrogen-bond acceptors (Lipinski definition) is 5. The van der Waals surface area contributed by atoms with Gasteiger partial charge in [0.1, 0.15) is 12.7 Å². The molecule has 7 nitrogen and oxygen atoms in total. The van der Waals surface area contributed by atoms with Gasteiger partial charge in [-0.05, 0) is 81.8 Å². The first kappa shape index (κ1) is 23.5. The summed E-state index contributed by atoms with van der Waals surface area (Å²) in [6, 6.07) is 6.44. The third kappa shape index (κ3) is 5.70. The van der Waals surface area contributed by atoms with Gasteiger partial charge in [-0.1, -0.05) is 19.3 Å². The van der Waals surface area contributed by atoms with Crippen LogP contribution in [0.25, 0.3) is 16.6 Å². The summed E-state index contributed by atoms with van der Waals surface area (Å²) < 4.78 is 1.94. The molecule has 0 spiro atoms. The van der Waals surface area contributed by atoms with Gasteiger partial charge in [0.2, 0.25) is 0 Å². The van der Waals surface area contributed by atoms with Crippen molar-refractivity contribution >= 4 is 10.9 Å². The predicted molar refractivity (Wildman–Crippen MR) is 136 cm³/mol. The molecule has 1 aliphatic heterocycles. The zero-order chi connectivity index (χ0) is 23.4. The van der Waals surface area contributed by atoms with Gasteiger partial charge in [-0.3, -0.25) is 4.57 Å². The average Bonchev–Trinajstić information content (AvgIpc) is 3.51. The molecule has 2 N–H and O–H groups in total. The Labute approximate surface area is 203 Å². The number of H-pyrrole nitrogens is 1. The Morgan fingerprint density at radius 1 is 1.12 bits per heavy atom. The van der Waals surface area contributed by atoms with Crippen LogP contribution < -0.4 is 0 Å². The molecule has 0 amide bonds. The van der Waals surface area contributed by atoms with Crippen molar-refractivity contribution in [1.82, 2.24) is 29.5 Å². The number of rotatable bonds is 9. The van der Waals surface area contributed by atoms with Gasteiger partial charge >= 0.3 is 0 Å². The highest BCUT2D eigenvalue weighted by Gasteiger charge is 2.33. The Kier molecular flexibility index (Phi) is 7.32. The molecule has 7 heteroatoms. The second-order valence-electron chi connectivity index (χ2n) is 10.8. The molecule has 2 aliphatic rings. The van der Waals surface area contributed by atoms with E-state index in [0.29, 0.717) is 0 Å². The van der Waals surface area contributed by atoms with Crippen LogP contribution in [0.4, 0.5) is 0 Å². The van der Waals surface area contributed by atoms with Crippen LogP contribution in [0.1, 0.15) is 56.9 Å². The maximum Gasteiger partial charge on any atom is 0.123 e. The van der Waals surface area contributed by atoms with Gasteiger partial charge in [-0.15, -0.1) is 10.2 Å². The molecule has 0 atom stereocenters. The Hall–Kier alpha value is -2.22. The quantitative estimate of drug-likeness (QED) is 0.500. The number of benzene rings is 1. The summed E-state index contributed by atoms with van der Waals surface area (Å²) in [6.45, 7) is 5.06. The molecule has 0 bridgehead atoms. The van der Waals surface area contributed by atoms with Gasteiger partial charge in [0.15, 0.2) is 0 Å². The van der Waals surface area contributed by atoms with E-state index in [1.165, 1.54) is 48.6 Å². The van der Waals surface area contributed by atoms with Crippen molar-refractivity contribution in [2.45, 2.75) is 63.4 Å². The zero-order valence-electron chi connectivity index (χ0n) is 20.6. The lowest BCUT2D eigenvalue weighted by Crippen LogP contribution is -2.51. The van der Waals surface area contributed by atoms with Crippen molar-refractivity contribution in [2.75, 3.05) is 39.8 Å². The number of likely N-dealkylation sites (tertiary alicyclic amines) is 1. The zero-order valence-corrected chi connectivity index (χ0v) is 20.6. The Morgan fingerprint density at radius 2 is 1.88 bits per heavy atom. The second kappa shape index (κ2) is 10.6. The minimum absolute atomic E-state index is 0.519. The van der Waals surface area contributed by atoms with Crippen molar-refractivity contribution in [1.29, 1.82) is 0 Å². The van der Waals surface area contributed by atoms with Crippen LogP contribution in [0.15, 0.2) is 37.1 Å². The summed E-state index contributed by atoms with van der Waals surface area (Å²) in [5.74, 6) is 0.833. The van der Waals surface area contributed by atoms with E-state index in [1.54, 1.807) is 12.7 Å². The molecule has 5 rings (SSSR count). The minimum atomic E-state index is -0.519. The molecule has 0 unspecified atom stereocenters. The maximum absolute atomic E-state index is 11.2. The number of aryl methyl sites for hydroxylation is 1. The number of hydrogen-bond donors (Lipinski definition) is 2. The lowest BCUT2D eigenvalue weighted by atomic mass is 9.87. The third-order valence-electron chi connectivity index (χ3n) is 8.03. The fraction of sp³-hybridized carbons (Fsp3) is 0.630. The van der Waals surface area contributed by atoms with Crippen molar-refractivity contribution in [2.24, 2.45) is 5.92 Å². The number of piperidine rings is 1. The Morgan fingerprint density at radius 3 is 2.65 bits per heavy atom. The van der Waals surface area contributed by atoms with Crippen LogP contribution in [0.2, 0.25) is 0 Å². The minimum Gasteiger partial charge on any atom is -0.388 e. The summed E-state index contributed by atoms with van der Waals surface area (Å²) >= 11 is 0. The average molecular weight is 465 g/mol. The van der Waals surface area contributed by atoms with Gasteiger partial charge in [0.25, 0.3) is 0 Å². The van der Waals surface area contributed by atoms with Crippen LogP contribution in [0.5, 0.6) is 0 Å². The molecule has 1 saturated heterocycles. The van der Waals surface area contributed by atoms with Crippen molar-refractivity contribution in [3.05, 3.63) is 42.6 Å². The maximum atomic E-state index is 11.2. The third-order valence-corrected chi connectivity index (χ3v) is 8.03. The Bertz CT molecular complexity index is 1030. The first-order valence-corrected chi connectivity index (χ1v) is 13.2. The number of aromatic nitrogens is 4. The van der Waals surface area contributed by atoms with Crippen molar-refractivity contribution in [3.8, 4) is 5.69 Å². The van der Waals surface area contributed by atoms with Crippen molar-refractivity contribution < 1.29 is 5.11 Å². The SMILES string of the molecule is CN(CC1CCCCC1)CC1(O)CCN(CCCc2c[nH]c3ccc(-n4cnnc4)cc23)CC1. The molecular formula is C27H40N6O. The van der Waals surface area contributed by atoms with Crippen molar-refractivity contribution in [3.63, 3.8) is 0 Å². The van der Waals surface area contributed by atoms with Gasteiger partial charge in [0, 0.05) is 49.0 Å². The molecule has 184 valence electrons. The highest BCUT2D eigenvalue weighted by molar-refractivity contribution is 5.85. The number of nitrogens with one attached hydrogen (secondary N) is 1.